The van der Waals surface area contributed by atoms with E-state index in [1.807, 2.05) is 0 Å². The molecule has 0 saturated heterocycles. The summed E-state index contributed by atoms with van der Waals surface area (Å²) in [5, 5.41) is 0. The number of rotatable bonds is 0. The van der Waals surface area contributed by atoms with Crippen molar-refractivity contribution in [3.63, 3.8) is 0 Å². The van der Waals surface area contributed by atoms with Gasteiger partial charge in [-0.25, -0.2) is 0 Å². The molecule has 0 aliphatic heterocycles. The van der Waals surface area contributed by atoms with Crippen molar-refractivity contribution in [1.82, 2.24) is 0 Å². The van der Waals surface area contributed by atoms with Gasteiger partial charge < -0.3 is 0 Å². The zero-order chi connectivity index (χ0) is 10.8. The molecule has 16 heavy (non-hydrogen) atoms. The summed E-state index contributed by atoms with van der Waals surface area (Å²) in [5.41, 5.74) is 4.95. The quantitative estimate of drug-likeness (QED) is 0.578. The van der Waals surface area contributed by atoms with Crippen LogP contribution in [0, 0.1) is 11.8 Å². The van der Waals surface area contributed by atoms with E-state index in [0.29, 0.717) is 0 Å². The van der Waals surface area contributed by atoms with Crippen molar-refractivity contribution in [1.29, 1.82) is 0 Å². The maximum atomic E-state index is 3.18. The third-order valence-corrected chi connectivity index (χ3v) is 2.96. The van der Waals surface area contributed by atoms with Crippen LogP contribution < -0.4 is 0 Å². The van der Waals surface area contributed by atoms with Crippen LogP contribution >= 0.6 is 0 Å². The van der Waals surface area contributed by atoms with Crippen LogP contribution in [0.3, 0.4) is 0 Å². The summed E-state index contributed by atoms with van der Waals surface area (Å²) >= 11 is 0. The smallest absolute Gasteiger partial charge is 0.0249 e. The minimum Gasteiger partial charge on any atom is -0.0617 e. The number of hydrogen-bond donors (Lipinski definition) is 0. The summed E-state index contributed by atoms with van der Waals surface area (Å²) in [6.45, 7) is 0. The molecular weight excluding hydrogens is 192 g/mol. The molecule has 76 valence electrons. The van der Waals surface area contributed by atoms with E-state index < -0.39 is 0 Å². The van der Waals surface area contributed by atoms with E-state index in [4.69, 9.17) is 0 Å². The van der Waals surface area contributed by atoms with E-state index in [1.54, 1.807) is 0 Å². The number of aryl methyl sites for hydroxylation is 2. The van der Waals surface area contributed by atoms with Gasteiger partial charge in [-0.3, -0.25) is 0 Å². The van der Waals surface area contributed by atoms with Crippen molar-refractivity contribution >= 4 is 0 Å². The lowest BCUT2D eigenvalue weighted by molar-refractivity contribution is 0.959. The normalized spacial score (nSPS) is 12.5. The Balaban J connectivity index is 2.13. The topological polar surface area (TPSA) is 0 Å². The summed E-state index contributed by atoms with van der Waals surface area (Å²) in [6.07, 6.45) is 2.21. The van der Waals surface area contributed by atoms with Crippen molar-refractivity contribution < 1.29 is 0 Å². The van der Waals surface area contributed by atoms with Gasteiger partial charge in [-0.2, -0.15) is 0 Å². The Morgan fingerprint density at radius 1 is 0.562 bits per heavy atom. The van der Waals surface area contributed by atoms with E-state index in [1.165, 1.54) is 11.1 Å². The van der Waals surface area contributed by atoms with E-state index >= 15 is 0 Å². The first-order chi connectivity index (χ1) is 7.90. The van der Waals surface area contributed by atoms with E-state index in [-0.39, 0.29) is 0 Å². The fourth-order valence-corrected chi connectivity index (χ4v) is 1.94. The zero-order valence-electron chi connectivity index (χ0n) is 9.03. The largest absolute Gasteiger partial charge is 0.0617 e. The van der Waals surface area contributed by atoms with E-state index in [2.05, 4.69) is 60.4 Å². The van der Waals surface area contributed by atoms with Crippen molar-refractivity contribution in [2.45, 2.75) is 12.8 Å². The van der Waals surface area contributed by atoms with Gasteiger partial charge in [0.25, 0.3) is 0 Å². The Hall–Kier alpha value is -2.00. The molecule has 4 aliphatic rings. The molecule has 0 nitrogen and oxygen atoms in total. The van der Waals surface area contributed by atoms with E-state index in [9.17, 15) is 0 Å². The second-order valence-electron chi connectivity index (χ2n) is 4.14. The lowest BCUT2D eigenvalue weighted by atomic mass is 10.0. The van der Waals surface area contributed by atoms with Crippen molar-refractivity contribution in [3.05, 3.63) is 70.8 Å². The van der Waals surface area contributed by atoms with Gasteiger partial charge in [0, 0.05) is 11.1 Å². The standard InChI is InChI=1S/C16H12/c1-2-14-4-3-13(1)9-10-15-5-7-16(8-6-15)12-11-14/h1-8H,9-10H2. The highest BCUT2D eigenvalue weighted by molar-refractivity contribution is 5.44. The van der Waals surface area contributed by atoms with Crippen LogP contribution in [0.25, 0.3) is 0 Å². The van der Waals surface area contributed by atoms with E-state index in [0.717, 1.165) is 24.0 Å². The molecule has 0 aromatic heterocycles. The van der Waals surface area contributed by atoms with Gasteiger partial charge in [0.15, 0.2) is 0 Å². The Bertz CT molecular complexity index is 496. The van der Waals surface area contributed by atoms with Crippen molar-refractivity contribution in [3.8, 4) is 11.8 Å². The second-order valence-corrected chi connectivity index (χ2v) is 4.14. The molecule has 6 rings (SSSR count). The lowest BCUT2D eigenvalue weighted by Crippen LogP contribution is -1.92. The number of benzene rings is 2. The summed E-state index contributed by atoms with van der Waals surface area (Å²) in [5.74, 6) is 6.36. The predicted molar refractivity (Wildman–Crippen MR) is 66.3 cm³/mol. The maximum Gasteiger partial charge on any atom is 0.0249 e. The molecule has 0 heteroatoms. The minimum atomic E-state index is 1.09. The molecule has 0 fully saturated rings. The molecule has 0 heterocycles. The summed E-state index contributed by atoms with van der Waals surface area (Å²) in [6, 6.07) is 17.1. The highest BCUT2D eigenvalue weighted by atomic mass is 14.0. The molecule has 0 unspecified atom stereocenters. The lowest BCUT2D eigenvalue weighted by Gasteiger charge is -2.04. The molecule has 0 amide bonds. The van der Waals surface area contributed by atoms with Crippen LogP contribution in [0.15, 0.2) is 48.5 Å². The average Bonchev–Trinajstić information content (AvgIpc) is 2.33. The Kier molecular flexibility index (Phi) is 2.23. The van der Waals surface area contributed by atoms with Gasteiger partial charge in [-0.15, -0.1) is 0 Å². The molecule has 0 saturated carbocycles. The molecule has 4 aliphatic carbocycles. The van der Waals surface area contributed by atoms with Gasteiger partial charge in [0.1, 0.15) is 0 Å². The minimum absolute atomic E-state index is 1.09. The molecule has 4 bridgehead atoms. The Morgan fingerprint density at radius 3 is 1.31 bits per heavy atom. The number of hydrogen-bond acceptors (Lipinski definition) is 0. The van der Waals surface area contributed by atoms with Crippen LogP contribution in [-0.4, -0.2) is 0 Å². The molecule has 0 N–H and O–H groups in total. The monoisotopic (exact) mass is 204 g/mol. The fraction of sp³-hybridized carbons (Fsp3) is 0.125. The van der Waals surface area contributed by atoms with Gasteiger partial charge in [0.2, 0.25) is 0 Å². The van der Waals surface area contributed by atoms with Gasteiger partial charge in [-0.05, 0) is 48.2 Å². The summed E-state index contributed by atoms with van der Waals surface area (Å²) in [7, 11) is 0. The van der Waals surface area contributed by atoms with Crippen LogP contribution in [0.2, 0.25) is 0 Å². The molecule has 0 spiro atoms. The highest BCUT2D eigenvalue weighted by Gasteiger charge is 1.98. The van der Waals surface area contributed by atoms with Gasteiger partial charge >= 0.3 is 0 Å². The molecule has 2 aromatic rings. The van der Waals surface area contributed by atoms with Crippen LogP contribution in [-0.2, 0) is 12.8 Å². The van der Waals surface area contributed by atoms with Crippen LogP contribution in [0.1, 0.15) is 22.3 Å². The molecule has 0 radical (unpaired) electrons. The highest BCUT2D eigenvalue weighted by Crippen LogP contribution is 2.11. The van der Waals surface area contributed by atoms with Crippen molar-refractivity contribution in [2.75, 3.05) is 0 Å². The SMILES string of the molecule is C1#Cc2ccc(cc2)CCc2ccc1cc2. The zero-order valence-corrected chi connectivity index (χ0v) is 9.03. The van der Waals surface area contributed by atoms with Crippen LogP contribution in [0.5, 0.6) is 0 Å². The summed E-state index contributed by atoms with van der Waals surface area (Å²) in [4.78, 5) is 0. The van der Waals surface area contributed by atoms with Crippen LogP contribution in [0.4, 0.5) is 0 Å². The fourth-order valence-electron chi connectivity index (χ4n) is 1.94. The first-order valence-corrected chi connectivity index (χ1v) is 5.60. The Morgan fingerprint density at radius 2 is 0.938 bits per heavy atom. The van der Waals surface area contributed by atoms with Crippen molar-refractivity contribution in [2.24, 2.45) is 0 Å². The Labute approximate surface area is 95.9 Å². The first kappa shape index (κ1) is 9.24. The third-order valence-electron chi connectivity index (χ3n) is 2.96. The van der Waals surface area contributed by atoms with Gasteiger partial charge in [-0.1, -0.05) is 36.1 Å². The molecular formula is C16H12. The maximum absolute atomic E-state index is 3.18. The third kappa shape index (κ3) is 1.85. The molecule has 2 aromatic carbocycles. The second kappa shape index (κ2) is 3.87. The average molecular weight is 204 g/mol. The predicted octanol–water partition coefficient (Wildman–Crippen LogP) is 3.19. The summed E-state index contributed by atoms with van der Waals surface area (Å²) < 4.78 is 0. The first-order valence-electron chi connectivity index (χ1n) is 5.60. The molecule has 0 atom stereocenters. The van der Waals surface area contributed by atoms with Gasteiger partial charge in [0.05, 0.1) is 0 Å².